The third kappa shape index (κ3) is 2.44. The highest BCUT2D eigenvalue weighted by Gasteiger charge is 2.33. The Morgan fingerprint density at radius 1 is 0.520 bits per heavy atom. The number of benzene rings is 4. The molecule has 124 valence electrons. The molecule has 4 aromatic rings. The Hall–Kier alpha value is -2.60. The molecule has 0 aromatic heterocycles. The van der Waals surface area contributed by atoms with E-state index < -0.39 is 0 Å². The first-order valence-electron chi connectivity index (χ1n) is 9.26. The van der Waals surface area contributed by atoms with Crippen LogP contribution in [0.25, 0.3) is 21.5 Å². The number of hydrogen-bond donors (Lipinski definition) is 0. The van der Waals surface area contributed by atoms with Crippen LogP contribution in [0.2, 0.25) is 0 Å². The maximum atomic E-state index is 2.33. The molecule has 0 atom stereocenters. The highest BCUT2D eigenvalue weighted by molar-refractivity contribution is 5.91. The quantitative estimate of drug-likeness (QED) is 0.375. The van der Waals surface area contributed by atoms with Gasteiger partial charge in [0.25, 0.3) is 0 Å². The fourth-order valence-electron chi connectivity index (χ4n) is 4.44. The Balaban J connectivity index is 2.08. The van der Waals surface area contributed by atoms with Gasteiger partial charge in [0.1, 0.15) is 0 Å². The molecule has 0 heterocycles. The molecule has 0 aliphatic heterocycles. The van der Waals surface area contributed by atoms with E-state index in [1.807, 2.05) is 0 Å². The molecular weight excluding hydrogens is 300 g/mol. The zero-order valence-corrected chi connectivity index (χ0v) is 15.0. The van der Waals surface area contributed by atoms with Crippen molar-refractivity contribution in [3.05, 3.63) is 96.1 Å². The average Bonchev–Trinajstić information content (AvgIpc) is 2.69. The molecule has 4 rings (SSSR count). The molecule has 0 nitrogen and oxygen atoms in total. The van der Waals surface area contributed by atoms with Gasteiger partial charge >= 0.3 is 0 Å². The topological polar surface area (TPSA) is 0 Å². The molecule has 0 unspecified atom stereocenters. The Morgan fingerprint density at radius 2 is 0.920 bits per heavy atom. The largest absolute Gasteiger partial charge is 0.0642 e. The molecule has 0 spiro atoms. The molecule has 0 N–H and O–H groups in total. The lowest BCUT2D eigenvalue weighted by Crippen LogP contribution is -2.26. The number of rotatable bonds is 4. The van der Waals surface area contributed by atoms with Crippen molar-refractivity contribution in [2.45, 2.75) is 32.1 Å². The normalized spacial score (nSPS) is 11.9. The van der Waals surface area contributed by atoms with Crippen molar-refractivity contribution in [1.82, 2.24) is 0 Å². The predicted molar refractivity (Wildman–Crippen MR) is 109 cm³/mol. The fourth-order valence-corrected chi connectivity index (χ4v) is 4.44. The van der Waals surface area contributed by atoms with Gasteiger partial charge in [-0.25, -0.2) is 0 Å². The van der Waals surface area contributed by atoms with Gasteiger partial charge < -0.3 is 0 Å². The first-order valence-corrected chi connectivity index (χ1v) is 9.26. The van der Waals surface area contributed by atoms with E-state index >= 15 is 0 Å². The van der Waals surface area contributed by atoms with Gasteiger partial charge in [0.2, 0.25) is 0 Å². The maximum Gasteiger partial charge on any atom is 0.0210 e. The zero-order valence-electron chi connectivity index (χ0n) is 15.0. The van der Waals surface area contributed by atoms with Crippen LogP contribution >= 0.6 is 0 Å². The predicted octanol–water partition coefficient (Wildman–Crippen LogP) is 7.10. The van der Waals surface area contributed by atoms with Gasteiger partial charge in [-0.15, -0.1) is 0 Å². The fraction of sp³-hybridized carbons (Fsp3) is 0.200. The molecule has 0 radical (unpaired) electrons. The molecule has 4 aromatic carbocycles. The van der Waals surface area contributed by atoms with Crippen molar-refractivity contribution in [3.8, 4) is 0 Å². The highest BCUT2D eigenvalue weighted by Crippen LogP contribution is 2.44. The van der Waals surface area contributed by atoms with Crippen molar-refractivity contribution in [3.63, 3.8) is 0 Å². The van der Waals surface area contributed by atoms with E-state index in [1.54, 1.807) is 0 Å². The van der Waals surface area contributed by atoms with Crippen LogP contribution < -0.4 is 0 Å². The Bertz CT molecular complexity index is 930. The Morgan fingerprint density at radius 3 is 1.36 bits per heavy atom. The summed E-state index contributed by atoms with van der Waals surface area (Å²) in [5.74, 6) is 0. The summed E-state index contributed by atoms with van der Waals surface area (Å²) in [4.78, 5) is 0. The lowest BCUT2D eigenvalue weighted by molar-refractivity contribution is 0.486. The second kappa shape index (κ2) is 6.37. The van der Waals surface area contributed by atoms with Crippen molar-refractivity contribution in [2.24, 2.45) is 0 Å². The van der Waals surface area contributed by atoms with E-state index in [0.29, 0.717) is 0 Å². The third-order valence-electron chi connectivity index (χ3n) is 5.82. The monoisotopic (exact) mass is 324 g/mol. The van der Waals surface area contributed by atoms with E-state index in [-0.39, 0.29) is 5.41 Å². The van der Waals surface area contributed by atoms with Gasteiger partial charge in [-0.3, -0.25) is 0 Å². The summed E-state index contributed by atoms with van der Waals surface area (Å²) >= 11 is 0. The zero-order chi connectivity index (χ0) is 17.3. The molecule has 0 bridgehead atoms. The summed E-state index contributed by atoms with van der Waals surface area (Å²) in [5, 5.41) is 5.40. The van der Waals surface area contributed by atoms with Crippen LogP contribution in [0.5, 0.6) is 0 Å². The third-order valence-corrected chi connectivity index (χ3v) is 5.82. The molecule has 0 fully saturated rings. The molecule has 0 amide bonds. The van der Waals surface area contributed by atoms with Gasteiger partial charge in [0, 0.05) is 5.41 Å². The number of fused-ring (bicyclic) bond motifs is 2. The summed E-state index contributed by atoms with van der Waals surface area (Å²) in [7, 11) is 0. The van der Waals surface area contributed by atoms with Gasteiger partial charge in [0.05, 0.1) is 0 Å². The van der Waals surface area contributed by atoms with Crippen molar-refractivity contribution < 1.29 is 0 Å². The standard InChI is InChI=1S/C25H24/c1-3-25(4-2,23-17-9-13-19-11-5-7-15-21(19)23)24-18-10-14-20-12-6-8-16-22(20)24/h5-18H,3-4H2,1-2H3. The first-order chi connectivity index (χ1) is 12.3. The molecule has 0 saturated carbocycles. The van der Waals surface area contributed by atoms with Crippen molar-refractivity contribution in [1.29, 1.82) is 0 Å². The second-order valence-electron chi connectivity index (χ2n) is 6.84. The van der Waals surface area contributed by atoms with Crippen molar-refractivity contribution >= 4 is 21.5 Å². The molecule has 25 heavy (non-hydrogen) atoms. The van der Waals surface area contributed by atoms with E-state index in [0.717, 1.165) is 12.8 Å². The van der Waals surface area contributed by atoms with E-state index in [1.165, 1.54) is 32.7 Å². The van der Waals surface area contributed by atoms with Gasteiger partial charge in [0.15, 0.2) is 0 Å². The van der Waals surface area contributed by atoms with Gasteiger partial charge in [-0.05, 0) is 45.5 Å². The summed E-state index contributed by atoms with van der Waals surface area (Å²) < 4.78 is 0. The summed E-state index contributed by atoms with van der Waals surface area (Å²) in [5.41, 5.74) is 2.93. The van der Waals surface area contributed by atoms with E-state index in [4.69, 9.17) is 0 Å². The first kappa shape index (κ1) is 15.9. The average molecular weight is 324 g/mol. The maximum absolute atomic E-state index is 2.33. The van der Waals surface area contributed by atoms with E-state index in [2.05, 4.69) is 98.8 Å². The van der Waals surface area contributed by atoms with Crippen LogP contribution in [0.1, 0.15) is 37.8 Å². The van der Waals surface area contributed by atoms with Crippen LogP contribution in [0, 0.1) is 0 Å². The molecule has 0 aliphatic rings. The number of hydrogen-bond acceptors (Lipinski definition) is 0. The smallest absolute Gasteiger partial charge is 0.0210 e. The Labute approximate surface area is 150 Å². The minimum absolute atomic E-state index is 0.0295. The van der Waals surface area contributed by atoms with Crippen LogP contribution in [0.15, 0.2) is 84.9 Å². The van der Waals surface area contributed by atoms with E-state index in [9.17, 15) is 0 Å². The lowest BCUT2D eigenvalue weighted by Gasteiger charge is -2.35. The second-order valence-corrected chi connectivity index (χ2v) is 6.84. The summed E-state index contributed by atoms with van der Waals surface area (Å²) in [6.07, 6.45) is 2.18. The van der Waals surface area contributed by atoms with Crippen LogP contribution in [-0.2, 0) is 5.41 Å². The van der Waals surface area contributed by atoms with Crippen LogP contribution in [0.4, 0.5) is 0 Å². The SMILES string of the molecule is CCC(CC)(c1cccc2ccccc12)c1cccc2ccccc12. The molecular formula is C25H24. The Kier molecular flexibility index (Phi) is 4.05. The minimum atomic E-state index is 0.0295. The van der Waals surface area contributed by atoms with Crippen LogP contribution in [-0.4, -0.2) is 0 Å². The molecule has 0 aliphatic carbocycles. The molecule has 0 heteroatoms. The lowest BCUT2D eigenvalue weighted by atomic mass is 9.68. The van der Waals surface area contributed by atoms with Crippen molar-refractivity contribution in [2.75, 3.05) is 0 Å². The molecule has 0 saturated heterocycles. The summed E-state index contributed by atoms with van der Waals surface area (Å²) in [6, 6.07) is 31.1. The highest BCUT2D eigenvalue weighted by atomic mass is 14.4. The summed E-state index contributed by atoms with van der Waals surface area (Å²) in [6.45, 7) is 4.65. The van der Waals surface area contributed by atoms with Gasteiger partial charge in [-0.1, -0.05) is 98.8 Å². The minimum Gasteiger partial charge on any atom is -0.0642 e. The van der Waals surface area contributed by atoms with Gasteiger partial charge in [-0.2, -0.15) is 0 Å². The van der Waals surface area contributed by atoms with Crippen LogP contribution in [0.3, 0.4) is 0 Å².